The van der Waals surface area contributed by atoms with E-state index in [0.29, 0.717) is 0 Å². The Labute approximate surface area is 98.4 Å². The summed E-state index contributed by atoms with van der Waals surface area (Å²) in [6.07, 6.45) is 2.10. The molecule has 1 fully saturated rings. The van der Waals surface area contributed by atoms with E-state index >= 15 is 0 Å². The Morgan fingerprint density at radius 1 is 1.47 bits per heavy atom. The number of nitriles is 1. The van der Waals surface area contributed by atoms with Gasteiger partial charge in [-0.3, -0.25) is 0 Å². The number of nitrogens with one attached hydrogen (secondary N) is 1. The van der Waals surface area contributed by atoms with Crippen LogP contribution in [0.25, 0.3) is 0 Å². The molecule has 3 heteroatoms. The highest BCUT2D eigenvalue weighted by Gasteiger charge is 2.42. The van der Waals surface area contributed by atoms with E-state index in [0.717, 1.165) is 30.4 Å². The monoisotopic (exact) mass is 264 g/mol. The average Bonchev–Trinajstić information content (AvgIpc) is 2.99. The van der Waals surface area contributed by atoms with Crippen LogP contribution in [0.1, 0.15) is 18.4 Å². The lowest BCUT2D eigenvalue weighted by Gasteiger charge is -2.08. The highest BCUT2D eigenvalue weighted by atomic mass is 79.9. The minimum absolute atomic E-state index is 0.0496. The largest absolute Gasteiger partial charge is 0.311 e. The molecule has 0 saturated heterocycles. The van der Waals surface area contributed by atoms with Gasteiger partial charge in [0, 0.05) is 17.6 Å². The summed E-state index contributed by atoms with van der Waals surface area (Å²) in [5.74, 6) is 0. The third-order valence-electron chi connectivity index (χ3n) is 2.77. The number of rotatable bonds is 4. The summed E-state index contributed by atoms with van der Waals surface area (Å²) in [5.41, 5.74) is 1.20. The van der Waals surface area contributed by atoms with E-state index in [9.17, 15) is 0 Å². The van der Waals surface area contributed by atoms with E-state index in [1.807, 2.05) is 12.1 Å². The van der Waals surface area contributed by atoms with Crippen molar-refractivity contribution >= 4 is 15.9 Å². The first-order valence-corrected chi connectivity index (χ1v) is 5.90. The maximum absolute atomic E-state index is 8.90. The molecule has 15 heavy (non-hydrogen) atoms. The normalized spacial score (nSPS) is 17.1. The quantitative estimate of drug-likeness (QED) is 0.908. The Morgan fingerprint density at radius 3 is 2.87 bits per heavy atom. The Kier molecular flexibility index (Phi) is 3.08. The first-order valence-electron chi connectivity index (χ1n) is 5.11. The van der Waals surface area contributed by atoms with E-state index in [1.165, 1.54) is 5.56 Å². The third kappa shape index (κ3) is 2.80. The van der Waals surface area contributed by atoms with Gasteiger partial charge in [-0.1, -0.05) is 28.1 Å². The molecule has 1 aromatic rings. The molecule has 2 nitrogen and oxygen atoms in total. The molecule has 0 bridgehead atoms. The van der Waals surface area contributed by atoms with Gasteiger partial charge in [0.25, 0.3) is 0 Å². The minimum Gasteiger partial charge on any atom is -0.311 e. The average molecular weight is 265 g/mol. The van der Waals surface area contributed by atoms with Crippen molar-refractivity contribution in [1.82, 2.24) is 5.32 Å². The van der Waals surface area contributed by atoms with Crippen molar-refractivity contribution in [2.24, 2.45) is 5.41 Å². The Hall–Kier alpha value is -0.850. The predicted molar refractivity (Wildman–Crippen MR) is 63.1 cm³/mol. The Morgan fingerprint density at radius 2 is 2.27 bits per heavy atom. The fraction of sp³-hybridized carbons (Fsp3) is 0.417. The SMILES string of the molecule is N#CC1(CNCc2cccc(Br)c2)CC1. The molecule has 0 unspecified atom stereocenters. The Balaban J connectivity index is 1.82. The molecular weight excluding hydrogens is 252 g/mol. The van der Waals surface area contributed by atoms with Crippen LogP contribution in [0.2, 0.25) is 0 Å². The summed E-state index contributed by atoms with van der Waals surface area (Å²) in [4.78, 5) is 0. The number of halogens is 1. The van der Waals surface area contributed by atoms with Gasteiger partial charge in [-0.2, -0.15) is 5.26 Å². The summed E-state index contributed by atoms with van der Waals surface area (Å²) < 4.78 is 1.10. The van der Waals surface area contributed by atoms with Crippen LogP contribution in [0, 0.1) is 16.7 Å². The molecule has 1 aliphatic carbocycles. The molecule has 0 radical (unpaired) electrons. The predicted octanol–water partition coefficient (Wildman–Crippen LogP) is 2.84. The van der Waals surface area contributed by atoms with Gasteiger partial charge in [0.2, 0.25) is 0 Å². The first kappa shape index (κ1) is 10.7. The van der Waals surface area contributed by atoms with Gasteiger partial charge in [-0.15, -0.1) is 0 Å². The van der Waals surface area contributed by atoms with Crippen molar-refractivity contribution in [3.63, 3.8) is 0 Å². The second kappa shape index (κ2) is 4.34. The highest BCUT2D eigenvalue weighted by molar-refractivity contribution is 9.10. The molecule has 1 N–H and O–H groups in total. The molecule has 0 aromatic heterocycles. The lowest BCUT2D eigenvalue weighted by molar-refractivity contribution is 0.558. The van der Waals surface area contributed by atoms with Crippen molar-refractivity contribution < 1.29 is 0 Å². The van der Waals surface area contributed by atoms with Crippen LogP contribution >= 0.6 is 15.9 Å². The van der Waals surface area contributed by atoms with Crippen LogP contribution in [0.3, 0.4) is 0 Å². The van der Waals surface area contributed by atoms with E-state index < -0.39 is 0 Å². The van der Waals surface area contributed by atoms with Crippen LogP contribution in [0.4, 0.5) is 0 Å². The van der Waals surface area contributed by atoms with Crippen molar-refractivity contribution in [2.45, 2.75) is 19.4 Å². The van der Waals surface area contributed by atoms with Crippen LogP contribution in [0.15, 0.2) is 28.7 Å². The maximum atomic E-state index is 8.90. The van der Waals surface area contributed by atoms with Gasteiger partial charge in [-0.25, -0.2) is 0 Å². The van der Waals surface area contributed by atoms with Crippen molar-refractivity contribution in [2.75, 3.05) is 6.54 Å². The molecule has 0 atom stereocenters. The van der Waals surface area contributed by atoms with Crippen LogP contribution in [-0.2, 0) is 6.54 Å². The fourth-order valence-electron chi connectivity index (χ4n) is 1.57. The van der Waals surface area contributed by atoms with Crippen molar-refractivity contribution in [1.29, 1.82) is 5.26 Å². The van der Waals surface area contributed by atoms with E-state index in [2.05, 4.69) is 39.4 Å². The number of hydrogen-bond acceptors (Lipinski definition) is 2. The summed E-state index contributed by atoms with van der Waals surface area (Å²) in [6.45, 7) is 1.65. The van der Waals surface area contributed by atoms with Crippen LogP contribution < -0.4 is 5.32 Å². The molecular formula is C12H13BrN2. The summed E-state index contributed by atoms with van der Waals surface area (Å²) in [7, 11) is 0. The highest BCUT2D eigenvalue weighted by Crippen LogP contribution is 2.44. The van der Waals surface area contributed by atoms with Crippen molar-refractivity contribution in [3.8, 4) is 6.07 Å². The lowest BCUT2D eigenvalue weighted by Crippen LogP contribution is -2.22. The smallest absolute Gasteiger partial charge is 0.0703 e. The topological polar surface area (TPSA) is 35.8 Å². The van der Waals surface area contributed by atoms with Gasteiger partial charge in [0.05, 0.1) is 11.5 Å². The number of benzene rings is 1. The molecule has 78 valence electrons. The van der Waals surface area contributed by atoms with Gasteiger partial charge in [0.1, 0.15) is 0 Å². The summed E-state index contributed by atoms with van der Waals surface area (Å²) in [5, 5.41) is 12.2. The fourth-order valence-corrected chi connectivity index (χ4v) is 2.02. The van der Waals surface area contributed by atoms with Gasteiger partial charge in [-0.05, 0) is 30.5 Å². The first-order chi connectivity index (χ1) is 7.24. The summed E-state index contributed by atoms with van der Waals surface area (Å²) >= 11 is 3.44. The third-order valence-corrected chi connectivity index (χ3v) is 3.27. The van der Waals surface area contributed by atoms with Crippen LogP contribution in [-0.4, -0.2) is 6.54 Å². The van der Waals surface area contributed by atoms with E-state index in [-0.39, 0.29) is 5.41 Å². The Bertz CT molecular complexity index is 391. The zero-order chi connectivity index (χ0) is 10.7. The zero-order valence-electron chi connectivity index (χ0n) is 8.46. The van der Waals surface area contributed by atoms with E-state index in [4.69, 9.17) is 5.26 Å². The number of nitrogens with zero attached hydrogens (tertiary/aromatic N) is 1. The minimum atomic E-state index is -0.0496. The molecule has 0 amide bonds. The van der Waals surface area contributed by atoms with Gasteiger partial charge >= 0.3 is 0 Å². The second-order valence-electron chi connectivity index (χ2n) is 4.13. The van der Waals surface area contributed by atoms with Crippen LogP contribution in [0.5, 0.6) is 0 Å². The van der Waals surface area contributed by atoms with E-state index in [1.54, 1.807) is 0 Å². The summed E-state index contributed by atoms with van der Waals surface area (Å²) in [6, 6.07) is 10.6. The second-order valence-corrected chi connectivity index (χ2v) is 5.04. The van der Waals surface area contributed by atoms with Crippen molar-refractivity contribution in [3.05, 3.63) is 34.3 Å². The maximum Gasteiger partial charge on any atom is 0.0703 e. The molecule has 0 heterocycles. The number of hydrogen-bond donors (Lipinski definition) is 1. The zero-order valence-corrected chi connectivity index (χ0v) is 10.0. The lowest BCUT2D eigenvalue weighted by atomic mass is 10.1. The molecule has 1 aromatic carbocycles. The van der Waals surface area contributed by atoms with Gasteiger partial charge < -0.3 is 5.32 Å². The molecule has 0 spiro atoms. The molecule has 1 saturated carbocycles. The standard InChI is InChI=1S/C12H13BrN2/c13-11-3-1-2-10(6-11)7-15-9-12(8-14)4-5-12/h1-3,6,15H,4-5,7,9H2. The van der Waals surface area contributed by atoms with Gasteiger partial charge in [0.15, 0.2) is 0 Å². The molecule has 2 rings (SSSR count). The molecule has 0 aliphatic heterocycles. The molecule has 1 aliphatic rings.